The molecule has 1 aromatic heterocycles. The average Bonchev–Trinajstić information content (AvgIpc) is 2.95. The molecule has 4 nitrogen and oxygen atoms in total. The largest absolute Gasteiger partial charge is 0.394 e. The van der Waals surface area contributed by atoms with Gasteiger partial charge in [0.05, 0.1) is 19.1 Å². The van der Waals surface area contributed by atoms with Crippen LogP contribution >= 0.6 is 11.6 Å². The number of hydrogen-bond acceptors (Lipinski definition) is 2. The molecule has 0 fully saturated rings. The maximum atomic E-state index is 12.3. The van der Waals surface area contributed by atoms with E-state index in [-0.39, 0.29) is 18.9 Å². The van der Waals surface area contributed by atoms with Gasteiger partial charge in [0.15, 0.2) is 0 Å². The SMILES string of the molecule is O=C(Cc1c[nH]c2cc(Cl)ccc12)NC(CO)c1ccccc1. The van der Waals surface area contributed by atoms with Crippen molar-refractivity contribution in [2.45, 2.75) is 12.5 Å². The number of H-pyrrole nitrogens is 1. The van der Waals surface area contributed by atoms with E-state index in [9.17, 15) is 9.90 Å². The smallest absolute Gasteiger partial charge is 0.225 e. The standard InChI is InChI=1S/C18H17ClN2O2/c19-14-6-7-15-13(10-20-16(15)9-14)8-18(23)21-17(11-22)12-4-2-1-3-5-12/h1-7,9-10,17,20,22H,8,11H2,(H,21,23). The second-order valence-corrected chi connectivity index (χ2v) is 5.83. The van der Waals surface area contributed by atoms with E-state index >= 15 is 0 Å². The van der Waals surface area contributed by atoms with Crippen LogP contribution in [0.3, 0.4) is 0 Å². The summed E-state index contributed by atoms with van der Waals surface area (Å²) in [5.74, 6) is -0.135. The van der Waals surface area contributed by atoms with E-state index in [0.717, 1.165) is 22.0 Å². The Bertz CT molecular complexity index is 814. The zero-order chi connectivity index (χ0) is 16.2. The van der Waals surface area contributed by atoms with Crippen LogP contribution in [0.15, 0.2) is 54.7 Å². The quantitative estimate of drug-likeness (QED) is 0.673. The highest BCUT2D eigenvalue weighted by Gasteiger charge is 2.15. The van der Waals surface area contributed by atoms with Gasteiger partial charge >= 0.3 is 0 Å². The third-order valence-corrected chi connectivity index (χ3v) is 4.04. The molecule has 5 heteroatoms. The first-order valence-electron chi connectivity index (χ1n) is 7.38. The van der Waals surface area contributed by atoms with Gasteiger partial charge in [0.2, 0.25) is 5.91 Å². The van der Waals surface area contributed by atoms with Crippen molar-refractivity contribution in [1.29, 1.82) is 0 Å². The summed E-state index contributed by atoms with van der Waals surface area (Å²) >= 11 is 5.96. The molecule has 3 aromatic rings. The monoisotopic (exact) mass is 328 g/mol. The van der Waals surface area contributed by atoms with Gasteiger partial charge < -0.3 is 15.4 Å². The summed E-state index contributed by atoms with van der Waals surface area (Å²) in [6.07, 6.45) is 2.06. The molecule has 1 atom stereocenters. The highest BCUT2D eigenvalue weighted by molar-refractivity contribution is 6.31. The van der Waals surface area contributed by atoms with Gasteiger partial charge in [-0.25, -0.2) is 0 Å². The Hall–Kier alpha value is -2.30. The highest BCUT2D eigenvalue weighted by Crippen LogP contribution is 2.22. The lowest BCUT2D eigenvalue weighted by atomic mass is 10.1. The number of fused-ring (bicyclic) bond motifs is 1. The van der Waals surface area contributed by atoms with Crippen molar-refractivity contribution in [3.63, 3.8) is 0 Å². The van der Waals surface area contributed by atoms with Crippen LogP contribution in [0.5, 0.6) is 0 Å². The average molecular weight is 329 g/mol. The molecule has 1 heterocycles. The minimum atomic E-state index is -0.400. The number of rotatable bonds is 5. The molecule has 3 N–H and O–H groups in total. The molecule has 118 valence electrons. The fourth-order valence-electron chi connectivity index (χ4n) is 2.64. The summed E-state index contributed by atoms with van der Waals surface area (Å²) in [7, 11) is 0. The fraction of sp³-hybridized carbons (Fsp3) is 0.167. The first-order chi connectivity index (χ1) is 11.2. The molecule has 3 rings (SSSR count). The second kappa shape index (κ2) is 6.86. The predicted molar refractivity (Wildman–Crippen MR) is 91.4 cm³/mol. The second-order valence-electron chi connectivity index (χ2n) is 5.39. The van der Waals surface area contributed by atoms with Gasteiger partial charge in [0.25, 0.3) is 0 Å². The number of carbonyl (C=O) groups is 1. The molecule has 0 spiro atoms. The normalized spacial score (nSPS) is 12.3. The van der Waals surface area contributed by atoms with Crippen LogP contribution in [-0.4, -0.2) is 22.6 Å². The lowest BCUT2D eigenvalue weighted by molar-refractivity contribution is -0.121. The van der Waals surface area contributed by atoms with E-state index in [2.05, 4.69) is 10.3 Å². The van der Waals surface area contributed by atoms with Gasteiger partial charge in [-0.2, -0.15) is 0 Å². The number of aliphatic hydroxyl groups excluding tert-OH is 1. The summed E-state index contributed by atoms with van der Waals surface area (Å²) in [4.78, 5) is 15.4. The van der Waals surface area contributed by atoms with Crippen molar-refractivity contribution in [1.82, 2.24) is 10.3 Å². The molecule has 0 saturated carbocycles. The maximum absolute atomic E-state index is 12.3. The molecule has 1 unspecified atom stereocenters. The van der Waals surface area contributed by atoms with E-state index in [1.807, 2.05) is 48.7 Å². The lowest BCUT2D eigenvalue weighted by Gasteiger charge is -2.16. The number of carbonyl (C=O) groups excluding carboxylic acids is 1. The summed E-state index contributed by atoms with van der Waals surface area (Å²) in [6, 6.07) is 14.6. The first-order valence-corrected chi connectivity index (χ1v) is 7.76. The minimum absolute atomic E-state index is 0.135. The van der Waals surface area contributed by atoms with Crippen LogP contribution in [0.1, 0.15) is 17.2 Å². The number of halogens is 1. The number of aliphatic hydroxyl groups is 1. The van der Waals surface area contributed by atoms with Gasteiger partial charge in [0.1, 0.15) is 0 Å². The van der Waals surface area contributed by atoms with Gasteiger partial charge in [-0.15, -0.1) is 0 Å². The summed E-state index contributed by atoms with van der Waals surface area (Å²) in [5.41, 5.74) is 2.69. The van der Waals surface area contributed by atoms with Crippen LogP contribution in [0.4, 0.5) is 0 Å². The number of aromatic amines is 1. The molecule has 0 aliphatic carbocycles. The van der Waals surface area contributed by atoms with Crippen LogP contribution < -0.4 is 5.32 Å². The highest BCUT2D eigenvalue weighted by atomic mass is 35.5. The summed E-state index contributed by atoms with van der Waals surface area (Å²) in [6.45, 7) is -0.140. The number of hydrogen-bond donors (Lipinski definition) is 3. The fourth-order valence-corrected chi connectivity index (χ4v) is 2.81. The maximum Gasteiger partial charge on any atom is 0.225 e. The first kappa shape index (κ1) is 15.6. The van der Waals surface area contributed by atoms with Gasteiger partial charge in [-0.1, -0.05) is 48.0 Å². The topological polar surface area (TPSA) is 65.1 Å². The van der Waals surface area contributed by atoms with Gasteiger partial charge in [-0.3, -0.25) is 4.79 Å². The van der Waals surface area contributed by atoms with Gasteiger partial charge in [0, 0.05) is 22.1 Å². The molecule has 1 amide bonds. The van der Waals surface area contributed by atoms with Crippen molar-refractivity contribution in [3.8, 4) is 0 Å². The van der Waals surface area contributed by atoms with Crippen molar-refractivity contribution in [2.24, 2.45) is 0 Å². The van der Waals surface area contributed by atoms with Crippen LogP contribution in [0, 0.1) is 0 Å². The van der Waals surface area contributed by atoms with Crippen molar-refractivity contribution >= 4 is 28.4 Å². The molecule has 0 aliphatic heterocycles. The Morgan fingerprint density at radius 2 is 2.00 bits per heavy atom. The molecule has 2 aromatic carbocycles. The van der Waals surface area contributed by atoms with Crippen LogP contribution in [0.25, 0.3) is 10.9 Å². The van der Waals surface area contributed by atoms with E-state index in [0.29, 0.717) is 5.02 Å². The van der Waals surface area contributed by atoms with Crippen molar-refractivity contribution in [2.75, 3.05) is 6.61 Å². The lowest BCUT2D eigenvalue weighted by Crippen LogP contribution is -2.31. The third kappa shape index (κ3) is 3.55. The molecule has 23 heavy (non-hydrogen) atoms. The molecular weight excluding hydrogens is 312 g/mol. The molecular formula is C18H17ClN2O2. The van der Waals surface area contributed by atoms with E-state index < -0.39 is 6.04 Å². The third-order valence-electron chi connectivity index (χ3n) is 3.80. The minimum Gasteiger partial charge on any atom is -0.394 e. The molecule has 0 saturated heterocycles. The zero-order valence-electron chi connectivity index (χ0n) is 12.4. The van der Waals surface area contributed by atoms with E-state index in [1.165, 1.54) is 0 Å². The number of aromatic nitrogens is 1. The van der Waals surface area contributed by atoms with Crippen LogP contribution in [-0.2, 0) is 11.2 Å². The summed E-state index contributed by atoms with van der Waals surface area (Å²) in [5, 5.41) is 14.0. The van der Waals surface area contributed by atoms with Crippen molar-refractivity contribution in [3.05, 3.63) is 70.9 Å². The Kier molecular flexibility index (Phi) is 4.65. The number of benzene rings is 2. The van der Waals surface area contributed by atoms with Gasteiger partial charge in [-0.05, 0) is 23.3 Å². The molecule has 0 bridgehead atoms. The predicted octanol–water partition coefficient (Wildman–Crippen LogP) is 3.21. The Morgan fingerprint density at radius 1 is 1.22 bits per heavy atom. The Morgan fingerprint density at radius 3 is 2.74 bits per heavy atom. The zero-order valence-corrected chi connectivity index (χ0v) is 13.2. The Balaban J connectivity index is 1.73. The van der Waals surface area contributed by atoms with Crippen LogP contribution in [0.2, 0.25) is 5.02 Å². The number of nitrogens with one attached hydrogen (secondary N) is 2. The van der Waals surface area contributed by atoms with E-state index in [1.54, 1.807) is 6.07 Å². The number of amides is 1. The summed E-state index contributed by atoms with van der Waals surface area (Å²) < 4.78 is 0. The van der Waals surface area contributed by atoms with E-state index in [4.69, 9.17) is 11.6 Å². The Labute approximate surface area is 139 Å². The molecule has 0 aliphatic rings. The molecule has 0 radical (unpaired) electrons. The van der Waals surface area contributed by atoms with Crippen molar-refractivity contribution < 1.29 is 9.90 Å².